The smallest absolute Gasteiger partial charge is 0.230 e. The predicted octanol–water partition coefficient (Wildman–Crippen LogP) is 4.93. The fraction of sp³-hybridized carbons (Fsp3) is 0.167. The van der Waals surface area contributed by atoms with Crippen molar-refractivity contribution in [2.24, 2.45) is 0 Å². The van der Waals surface area contributed by atoms with Crippen LogP contribution in [0.25, 0.3) is 11.5 Å². The number of hydrogen-bond donors (Lipinski definition) is 1. The molecule has 0 saturated heterocycles. The molecule has 2 aromatic carbocycles. The van der Waals surface area contributed by atoms with Crippen LogP contribution in [0.5, 0.6) is 0 Å². The van der Waals surface area contributed by atoms with E-state index in [-0.39, 0.29) is 5.91 Å². The fourth-order valence-electron chi connectivity index (χ4n) is 3.24. The van der Waals surface area contributed by atoms with Crippen LogP contribution in [-0.4, -0.2) is 32.3 Å². The monoisotopic (exact) mass is 448 g/mol. The first-order valence-electron chi connectivity index (χ1n) is 9.97. The molecule has 0 radical (unpaired) electrons. The maximum Gasteiger partial charge on any atom is 0.230 e. The third-order valence-corrected chi connectivity index (χ3v) is 6.53. The molecule has 0 unspecified atom stereocenters. The van der Waals surface area contributed by atoms with Crippen LogP contribution in [0.2, 0.25) is 0 Å². The zero-order valence-corrected chi connectivity index (χ0v) is 18.9. The van der Waals surface area contributed by atoms with Crippen molar-refractivity contribution in [1.82, 2.24) is 19.7 Å². The lowest BCUT2D eigenvalue weighted by Gasteiger charge is -2.11. The van der Waals surface area contributed by atoms with Gasteiger partial charge in [0.1, 0.15) is 5.82 Å². The lowest BCUT2D eigenvalue weighted by molar-refractivity contribution is -0.118. The lowest BCUT2D eigenvalue weighted by atomic mass is 10.2. The molecule has 7 heteroatoms. The maximum atomic E-state index is 12.3. The second kappa shape index (κ2) is 10.4. The number of nitrogens with zero attached hydrogens (tertiary/aromatic N) is 3. The molecule has 4 rings (SSSR count). The summed E-state index contributed by atoms with van der Waals surface area (Å²) >= 11 is 3.31. The zero-order valence-electron chi connectivity index (χ0n) is 17.3. The lowest BCUT2D eigenvalue weighted by Crippen LogP contribution is -2.24. The van der Waals surface area contributed by atoms with Crippen LogP contribution < -0.4 is 5.32 Å². The van der Waals surface area contributed by atoms with E-state index in [2.05, 4.69) is 45.5 Å². The number of benzene rings is 2. The standard InChI is InChI=1S/C24H24N4OS2/c1-30-22-11-9-19(10-12-22)15-25-23(29)18-31-17-20-16-26-28(21-7-3-2-4-8-21)24(20)27-13-5-6-14-27/h2-14,16H,15,17-18H2,1H3,(H,25,29). The number of thioether (sulfide) groups is 2. The van der Waals surface area contributed by atoms with Gasteiger partial charge < -0.3 is 9.88 Å². The molecule has 0 bridgehead atoms. The Morgan fingerprint density at radius 2 is 1.74 bits per heavy atom. The summed E-state index contributed by atoms with van der Waals surface area (Å²) in [5, 5.41) is 7.61. The Kier molecular flexibility index (Phi) is 7.17. The van der Waals surface area contributed by atoms with Gasteiger partial charge in [0, 0.05) is 35.2 Å². The molecule has 0 fully saturated rings. The Hall–Kier alpha value is -2.90. The summed E-state index contributed by atoms with van der Waals surface area (Å²) in [6, 6.07) is 22.3. The van der Waals surface area contributed by atoms with Crippen molar-refractivity contribution in [3.05, 3.63) is 96.4 Å². The Bertz CT molecular complexity index is 1110. The first-order chi connectivity index (χ1) is 15.2. The molecule has 0 aliphatic heterocycles. The zero-order chi connectivity index (χ0) is 21.5. The van der Waals surface area contributed by atoms with Gasteiger partial charge in [-0.05, 0) is 48.2 Å². The van der Waals surface area contributed by atoms with Gasteiger partial charge in [0.2, 0.25) is 5.91 Å². The van der Waals surface area contributed by atoms with Crippen LogP contribution in [0.15, 0.2) is 90.2 Å². The van der Waals surface area contributed by atoms with Crippen molar-refractivity contribution >= 4 is 29.4 Å². The first-order valence-corrected chi connectivity index (χ1v) is 12.4. The highest BCUT2D eigenvalue weighted by molar-refractivity contribution is 7.99. The minimum absolute atomic E-state index is 0.0388. The van der Waals surface area contributed by atoms with Crippen LogP contribution in [-0.2, 0) is 17.1 Å². The Morgan fingerprint density at radius 1 is 1.00 bits per heavy atom. The van der Waals surface area contributed by atoms with E-state index in [0.717, 1.165) is 22.6 Å². The Balaban J connectivity index is 1.37. The molecular formula is C24H24N4OS2. The molecule has 0 aliphatic carbocycles. The number of hydrogen-bond acceptors (Lipinski definition) is 4. The van der Waals surface area contributed by atoms with E-state index < -0.39 is 0 Å². The van der Waals surface area contributed by atoms with Gasteiger partial charge in [-0.3, -0.25) is 4.79 Å². The molecule has 0 saturated carbocycles. The second-order valence-corrected chi connectivity index (χ2v) is 8.81. The molecule has 158 valence electrons. The normalized spacial score (nSPS) is 10.9. The van der Waals surface area contributed by atoms with Crippen molar-refractivity contribution in [3.8, 4) is 11.5 Å². The summed E-state index contributed by atoms with van der Waals surface area (Å²) in [6.07, 6.45) is 7.97. The summed E-state index contributed by atoms with van der Waals surface area (Å²) in [6.45, 7) is 0.550. The van der Waals surface area contributed by atoms with E-state index in [0.29, 0.717) is 18.1 Å². The molecule has 2 aromatic heterocycles. The number of para-hydroxylation sites is 1. The number of aromatic nitrogens is 3. The largest absolute Gasteiger partial charge is 0.351 e. The third kappa shape index (κ3) is 5.42. The highest BCUT2D eigenvalue weighted by Gasteiger charge is 2.14. The summed E-state index contributed by atoms with van der Waals surface area (Å²) in [5.74, 6) is 2.15. The van der Waals surface area contributed by atoms with Gasteiger partial charge in [0.05, 0.1) is 17.6 Å². The topological polar surface area (TPSA) is 51.9 Å². The van der Waals surface area contributed by atoms with E-state index >= 15 is 0 Å². The van der Waals surface area contributed by atoms with Crippen LogP contribution in [0, 0.1) is 0 Å². The van der Waals surface area contributed by atoms with Crippen molar-refractivity contribution < 1.29 is 4.79 Å². The first kappa shape index (κ1) is 21.3. The summed E-state index contributed by atoms with van der Waals surface area (Å²) in [5.41, 5.74) is 3.20. The predicted molar refractivity (Wildman–Crippen MR) is 129 cm³/mol. The quantitative estimate of drug-likeness (QED) is 0.369. The third-order valence-electron chi connectivity index (χ3n) is 4.81. The minimum Gasteiger partial charge on any atom is -0.351 e. The van der Waals surface area contributed by atoms with Gasteiger partial charge in [-0.1, -0.05) is 30.3 Å². The summed E-state index contributed by atoms with van der Waals surface area (Å²) in [4.78, 5) is 13.5. The molecule has 1 amide bonds. The highest BCUT2D eigenvalue weighted by atomic mass is 32.2. The molecule has 2 heterocycles. The van der Waals surface area contributed by atoms with Gasteiger partial charge in [0.25, 0.3) is 0 Å². The van der Waals surface area contributed by atoms with E-state index in [1.165, 1.54) is 4.90 Å². The fourth-order valence-corrected chi connectivity index (χ4v) is 4.46. The number of amides is 1. The van der Waals surface area contributed by atoms with Gasteiger partial charge in [-0.25, -0.2) is 4.68 Å². The average molecular weight is 449 g/mol. The van der Waals surface area contributed by atoms with Crippen LogP contribution in [0.3, 0.4) is 0 Å². The van der Waals surface area contributed by atoms with E-state index in [1.54, 1.807) is 23.5 Å². The molecule has 0 atom stereocenters. The van der Waals surface area contributed by atoms with Gasteiger partial charge in [-0.2, -0.15) is 5.10 Å². The van der Waals surface area contributed by atoms with E-state index in [1.807, 2.05) is 65.7 Å². The van der Waals surface area contributed by atoms with Crippen LogP contribution in [0.1, 0.15) is 11.1 Å². The molecule has 0 spiro atoms. The number of carbonyl (C=O) groups is 1. The SMILES string of the molecule is CSc1ccc(CNC(=O)CSCc2cnn(-c3ccccc3)c2-n2cccc2)cc1. The van der Waals surface area contributed by atoms with E-state index in [4.69, 9.17) is 0 Å². The molecule has 1 N–H and O–H groups in total. The van der Waals surface area contributed by atoms with Crippen molar-refractivity contribution in [3.63, 3.8) is 0 Å². The van der Waals surface area contributed by atoms with Crippen molar-refractivity contribution in [1.29, 1.82) is 0 Å². The van der Waals surface area contributed by atoms with Crippen LogP contribution in [0.4, 0.5) is 0 Å². The Morgan fingerprint density at radius 3 is 2.45 bits per heavy atom. The van der Waals surface area contributed by atoms with Crippen molar-refractivity contribution in [2.45, 2.75) is 17.2 Å². The van der Waals surface area contributed by atoms with Gasteiger partial charge >= 0.3 is 0 Å². The van der Waals surface area contributed by atoms with Crippen molar-refractivity contribution in [2.75, 3.05) is 12.0 Å². The van der Waals surface area contributed by atoms with Gasteiger partial charge in [0.15, 0.2) is 0 Å². The average Bonchev–Trinajstić information content (AvgIpc) is 3.48. The Labute approximate surface area is 190 Å². The number of nitrogens with one attached hydrogen (secondary N) is 1. The number of rotatable bonds is 9. The number of carbonyl (C=O) groups excluding carboxylic acids is 1. The minimum atomic E-state index is 0.0388. The molecular weight excluding hydrogens is 424 g/mol. The molecule has 0 aliphatic rings. The van der Waals surface area contributed by atoms with E-state index in [9.17, 15) is 4.79 Å². The second-order valence-electron chi connectivity index (χ2n) is 6.95. The summed E-state index contributed by atoms with van der Waals surface area (Å²) in [7, 11) is 0. The molecule has 5 nitrogen and oxygen atoms in total. The van der Waals surface area contributed by atoms with Crippen LogP contribution >= 0.6 is 23.5 Å². The maximum absolute atomic E-state index is 12.3. The highest BCUT2D eigenvalue weighted by Crippen LogP contribution is 2.23. The summed E-state index contributed by atoms with van der Waals surface area (Å²) < 4.78 is 4.00. The molecule has 4 aromatic rings. The molecule has 31 heavy (non-hydrogen) atoms. The van der Waals surface area contributed by atoms with Gasteiger partial charge in [-0.15, -0.1) is 23.5 Å².